The summed E-state index contributed by atoms with van der Waals surface area (Å²) in [7, 11) is 0. The van der Waals surface area contributed by atoms with Gasteiger partial charge in [0.05, 0.1) is 0 Å². The van der Waals surface area contributed by atoms with E-state index in [-0.39, 0.29) is 11.1 Å². The predicted molar refractivity (Wildman–Crippen MR) is 47.4 cm³/mol. The monoisotopic (exact) mass is 222 g/mol. The molecule has 0 fully saturated rings. The summed E-state index contributed by atoms with van der Waals surface area (Å²) in [6.45, 7) is 0. The van der Waals surface area contributed by atoms with Crippen LogP contribution in [0.3, 0.4) is 0 Å². The molecule has 1 heterocycles. The van der Waals surface area contributed by atoms with Gasteiger partial charge in [-0.1, -0.05) is 0 Å². The van der Waals surface area contributed by atoms with Crippen LogP contribution in [0, 0.1) is 0 Å². The zero-order valence-corrected chi connectivity index (χ0v) is 7.49. The average Bonchev–Trinajstić information content (AvgIpc) is 2.01. The summed E-state index contributed by atoms with van der Waals surface area (Å²) in [5, 5.41) is 2.01. The van der Waals surface area contributed by atoms with Crippen molar-refractivity contribution in [2.75, 3.05) is 5.32 Å². The lowest BCUT2D eigenvalue weighted by Crippen LogP contribution is -2.21. The van der Waals surface area contributed by atoms with Crippen LogP contribution >= 0.6 is 12.2 Å². The Balaban J connectivity index is 2.95. The van der Waals surface area contributed by atoms with E-state index in [9.17, 15) is 13.2 Å². The standard InChI is InChI=1S/C6H5F3N4S/c7-6(8,9)3-1-2-11-5(12-3)13-4(10)14/h1-2H,(H3,10,11,12,13,14). The largest absolute Gasteiger partial charge is 0.433 e. The van der Waals surface area contributed by atoms with Crippen LogP contribution in [0.15, 0.2) is 12.3 Å². The number of nitrogens with zero attached hydrogens (tertiary/aromatic N) is 2. The Labute approximate surface area is 82.3 Å². The number of alkyl halides is 3. The molecule has 0 aliphatic carbocycles. The molecule has 0 unspecified atom stereocenters. The van der Waals surface area contributed by atoms with Gasteiger partial charge in [-0.15, -0.1) is 0 Å². The summed E-state index contributed by atoms with van der Waals surface area (Å²) < 4.78 is 36.4. The van der Waals surface area contributed by atoms with E-state index >= 15 is 0 Å². The molecule has 4 nitrogen and oxygen atoms in total. The molecule has 0 radical (unpaired) electrons. The normalized spacial score (nSPS) is 11.1. The summed E-state index contributed by atoms with van der Waals surface area (Å²) in [6.07, 6.45) is -3.54. The van der Waals surface area contributed by atoms with Crippen molar-refractivity contribution in [1.29, 1.82) is 0 Å². The smallest absolute Gasteiger partial charge is 0.376 e. The second-order valence-electron chi connectivity index (χ2n) is 2.25. The highest BCUT2D eigenvalue weighted by Gasteiger charge is 2.32. The maximum atomic E-state index is 12.1. The van der Waals surface area contributed by atoms with Gasteiger partial charge < -0.3 is 11.1 Å². The van der Waals surface area contributed by atoms with E-state index in [4.69, 9.17) is 5.73 Å². The van der Waals surface area contributed by atoms with Crippen molar-refractivity contribution < 1.29 is 13.2 Å². The minimum Gasteiger partial charge on any atom is -0.376 e. The SMILES string of the molecule is NC(=S)Nc1nccc(C(F)(F)F)n1. The fraction of sp³-hybridized carbons (Fsp3) is 0.167. The van der Waals surface area contributed by atoms with Gasteiger partial charge in [0, 0.05) is 6.20 Å². The van der Waals surface area contributed by atoms with Crippen molar-refractivity contribution in [2.45, 2.75) is 6.18 Å². The van der Waals surface area contributed by atoms with Crippen LogP contribution in [0.5, 0.6) is 0 Å². The summed E-state index contributed by atoms with van der Waals surface area (Å²) in [5.41, 5.74) is 3.99. The van der Waals surface area contributed by atoms with E-state index in [1.165, 1.54) is 0 Å². The van der Waals surface area contributed by atoms with Crippen LogP contribution in [-0.2, 0) is 6.18 Å². The fourth-order valence-electron chi connectivity index (χ4n) is 0.687. The summed E-state index contributed by atoms with van der Waals surface area (Å²) in [5.74, 6) is -0.271. The predicted octanol–water partition coefficient (Wildman–Crippen LogP) is 1.15. The lowest BCUT2D eigenvalue weighted by molar-refractivity contribution is -0.141. The maximum absolute atomic E-state index is 12.1. The second-order valence-corrected chi connectivity index (χ2v) is 2.69. The first kappa shape index (κ1) is 10.6. The Morgan fingerprint density at radius 1 is 1.50 bits per heavy atom. The number of nitrogens with one attached hydrogen (secondary N) is 1. The molecule has 1 aromatic heterocycles. The molecule has 0 amide bonds. The molecule has 14 heavy (non-hydrogen) atoms. The third-order valence-electron chi connectivity index (χ3n) is 1.18. The number of hydrogen-bond donors (Lipinski definition) is 2. The summed E-state index contributed by atoms with van der Waals surface area (Å²) in [4.78, 5) is 6.67. The Kier molecular flexibility index (Phi) is 2.84. The van der Waals surface area contributed by atoms with Crippen LogP contribution in [0.4, 0.5) is 19.1 Å². The van der Waals surface area contributed by atoms with E-state index in [2.05, 4.69) is 27.5 Å². The molecule has 0 aliphatic rings. The van der Waals surface area contributed by atoms with Gasteiger partial charge in [-0.05, 0) is 18.3 Å². The Hall–Kier alpha value is -1.44. The van der Waals surface area contributed by atoms with Crippen LogP contribution in [0.2, 0.25) is 0 Å². The third-order valence-corrected chi connectivity index (χ3v) is 1.28. The highest BCUT2D eigenvalue weighted by atomic mass is 32.1. The van der Waals surface area contributed by atoms with Gasteiger partial charge in [0.2, 0.25) is 5.95 Å². The molecule has 0 saturated heterocycles. The first-order valence-corrected chi connectivity index (χ1v) is 3.77. The molecule has 0 bridgehead atoms. The number of thiocarbonyl (C=S) groups is 1. The molecule has 8 heteroatoms. The zero-order chi connectivity index (χ0) is 10.8. The van der Waals surface area contributed by atoms with E-state index in [0.29, 0.717) is 0 Å². The fourth-order valence-corrected chi connectivity index (χ4v) is 0.778. The van der Waals surface area contributed by atoms with Crippen molar-refractivity contribution in [3.05, 3.63) is 18.0 Å². The quantitative estimate of drug-likeness (QED) is 0.698. The van der Waals surface area contributed by atoms with Crippen LogP contribution < -0.4 is 11.1 Å². The number of hydrogen-bond acceptors (Lipinski definition) is 3. The maximum Gasteiger partial charge on any atom is 0.433 e. The highest BCUT2D eigenvalue weighted by molar-refractivity contribution is 7.80. The lowest BCUT2D eigenvalue weighted by Gasteiger charge is -2.06. The lowest BCUT2D eigenvalue weighted by atomic mass is 10.4. The Morgan fingerprint density at radius 3 is 2.64 bits per heavy atom. The van der Waals surface area contributed by atoms with Gasteiger partial charge >= 0.3 is 6.18 Å². The topological polar surface area (TPSA) is 63.8 Å². The molecule has 0 aliphatic heterocycles. The number of nitrogens with two attached hydrogens (primary N) is 1. The van der Waals surface area contributed by atoms with Crippen LogP contribution in [-0.4, -0.2) is 15.1 Å². The van der Waals surface area contributed by atoms with E-state index in [1.54, 1.807) is 0 Å². The molecule has 0 spiro atoms. The average molecular weight is 222 g/mol. The van der Waals surface area contributed by atoms with Crippen molar-refractivity contribution in [3.8, 4) is 0 Å². The van der Waals surface area contributed by atoms with Crippen LogP contribution in [0.25, 0.3) is 0 Å². The Morgan fingerprint density at radius 2 is 2.14 bits per heavy atom. The molecule has 1 rings (SSSR count). The van der Waals surface area contributed by atoms with E-state index < -0.39 is 11.9 Å². The Bertz CT molecular complexity index is 351. The van der Waals surface area contributed by atoms with E-state index in [0.717, 1.165) is 12.3 Å². The molecular weight excluding hydrogens is 217 g/mol. The molecule has 0 atom stereocenters. The van der Waals surface area contributed by atoms with Crippen LogP contribution in [0.1, 0.15) is 5.69 Å². The zero-order valence-electron chi connectivity index (χ0n) is 6.67. The van der Waals surface area contributed by atoms with Crippen molar-refractivity contribution in [3.63, 3.8) is 0 Å². The van der Waals surface area contributed by atoms with E-state index in [1.807, 2.05) is 0 Å². The second kappa shape index (κ2) is 3.74. The van der Waals surface area contributed by atoms with Gasteiger partial charge in [-0.25, -0.2) is 9.97 Å². The minimum atomic E-state index is -4.50. The number of aromatic nitrogens is 2. The number of halogens is 3. The minimum absolute atomic E-state index is 0.190. The first-order chi connectivity index (χ1) is 6.39. The highest BCUT2D eigenvalue weighted by Crippen LogP contribution is 2.27. The van der Waals surface area contributed by atoms with Crippen molar-refractivity contribution in [2.24, 2.45) is 5.73 Å². The van der Waals surface area contributed by atoms with Crippen molar-refractivity contribution >= 4 is 23.3 Å². The molecule has 1 aromatic rings. The van der Waals surface area contributed by atoms with Gasteiger partial charge in [0.1, 0.15) is 5.69 Å². The molecular formula is C6H5F3N4S. The first-order valence-electron chi connectivity index (χ1n) is 3.36. The molecule has 3 N–H and O–H groups in total. The summed E-state index contributed by atoms with van der Waals surface area (Å²) in [6, 6.07) is 0.755. The van der Waals surface area contributed by atoms with Crippen molar-refractivity contribution in [1.82, 2.24) is 9.97 Å². The number of rotatable bonds is 1. The van der Waals surface area contributed by atoms with Gasteiger partial charge in [-0.2, -0.15) is 13.2 Å². The summed E-state index contributed by atoms with van der Waals surface area (Å²) >= 11 is 4.42. The van der Waals surface area contributed by atoms with Gasteiger partial charge in [-0.3, -0.25) is 0 Å². The van der Waals surface area contributed by atoms with Gasteiger partial charge in [0.15, 0.2) is 5.11 Å². The molecule has 76 valence electrons. The third kappa shape index (κ3) is 2.80. The molecule has 0 aromatic carbocycles. The van der Waals surface area contributed by atoms with Gasteiger partial charge in [0.25, 0.3) is 0 Å². The molecule has 0 saturated carbocycles. The number of anilines is 1.